The number of aryl methyl sites for hydroxylation is 1. The van der Waals surface area contributed by atoms with Gasteiger partial charge < -0.3 is 10.1 Å². The van der Waals surface area contributed by atoms with Crippen LogP contribution in [-0.2, 0) is 22.5 Å². The van der Waals surface area contributed by atoms with Crippen LogP contribution in [0.1, 0.15) is 17.5 Å². The molecule has 0 spiro atoms. The van der Waals surface area contributed by atoms with E-state index in [1.165, 1.54) is 5.56 Å². The number of nitrogens with zero attached hydrogens (tertiary/aromatic N) is 1. The fourth-order valence-corrected chi connectivity index (χ4v) is 3.37. The summed E-state index contributed by atoms with van der Waals surface area (Å²) in [7, 11) is 0. The van der Waals surface area contributed by atoms with E-state index in [9.17, 15) is 4.79 Å². The summed E-state index contributed by atoms with van der Waals surface area (Å²) in [4.78, 5) is 14.5. The van der Waals surface area contributed by atoms with Crippen LogP contribution in [0, 0.1) is 0 Å². The van der Waals surface area contributed by atoms with E-state index in [-0.39, 0.29) is 12.0 Å². The lowest BCUT2D eigenvalue weighted by molar-refractivity contribution is -0.122. The number of rotatable bonds is 7. The molecule has 2 aromatic rings. The molecule has 26 heavy (non-hydrogen) atoms. The maximum absolute atomic E-state index is 12.1. The highest BCUT2D eigenvalue weighted by Crippen LogP contribution is 2.12. The van der Waals surface area contributed by atoms with Crippen molar-refractivity contribution in [2.75, 3.05) is 26.2 Å². The fourth-order valence-electron chi connectivity index (χ4n) is 3.16. The first-order chi connectivity index (χ1) is 12.7. The highest BCUT2D eigenvalue weighted by atomic mass is 35.5. The molecule has 4 nitrogen and oxygen atoms in total. The van der Waals surface area contributed by atoms with Crippen LogP contribution in [0.15, 0.2) is 54.6 Å². The number of morpholine rings is 1. The van der Waals surface area contributed by atoms with Gasteiger partial charge in [0, 0.05) is 37.6 Å². The lowest BCUT2D eigenvalue weighted by Gasteiger charge is -2.33. The summed E-state index contributed by atoms with van der Waals surface area (Å²) in [6.07, 6.45) is 1.20. The summed E-state index contributed by atoms with van der Waals surface area (Å²) in [5.74, 6) is 0.0498. The molecular formula is C21H25ClN2O2. The normalized spacial score (nSPS) is 17.8. The summed E-state index contributed by atoms with van der Waals surface area (Å²) in [6.45, 7) is 3.94. The molecule has 2 aromatic carbocycles. The van der Waals surface area contributed by atoms with Gasteiger partial charge >= 0.3 is 0 Å². The average Bonchev–Trinajstić information content (AvgIpc) is 2.66. The number of halogens is 1. The Morgan fingerprint density at radius 1 is 1.15 bits per heavy atom. The van der Waals surface area contributed by atoms with Crippen molar-refractivity contribution in [1.82, 2.24) is 10.2 Å². The first-order valence-corrected chi connectivity index (χ1v) is 9.46. The van der Waals surface area contributed by atoms with Gasteiger partial charge in [0.15, 0.2) is 0 Å². The Bertz CT molecular complexity index is 708. The lowest BCUT2D eigenvalue weighted by Crippen LogP contribution is -2.47. The van der Waals surface area contributed by atoms with E-state index in [1.54, 1.807) is 0 Å². The predicted octanol–water partition coefficient (Wildman–Crippen LogP) is 3.29. The van der Waals surface area contributed by atoms with Gasteiger partial charge in [-0.2, -0.15) is 0 Å². The number of amides is 1. The Labute approximate surface area is 160 Å². The summed E-state index contributed by atoms with van der Waals surface area (Å²) < 4.78 is 5.80. The molecule has 5 heteroatoms. The molecule has 0 aromatic heterocycles. The molecule has 1 fully saturated rings. The van der Waals surface area contributed by atoms with Crippen molar-refractivity contribution in [2.24, 2.45) is 0 Å². The Hall–Kier alpha value is -1.88. The molecule has 138 valence electrons. The molecule has 1 unspecified atom stereocenters. The molecule has 1 N–H and O–H groups in total. The zero-order chi connectivity index (χ0) is 18.2. The number of hydrogen-bond acceptors (Lipinski definition) is 3. The molecule has 0 saturated carbocycles. The Morgan fingerprint density at radius 3 is 2.77 bits per heavy atom. The van der Waals surface area contributed by atoms with Gasteiger partial charge in [-0.3, -0.25) is 9.69 Å². The van der Waals surface area contributed by atoms with Crippen LogP contribution in [-0.4, -0.2) is 43.2 Å². The van der Waals surface area contributed by atoms with Gasteiger partial charge in [0.05, 0.1) is 12.7 Å². The molecule has 0 bridgehead atoms. The van der Waals surface area contributed by atoms with Crippen LogP contribution in [0.5, 0.6) is 0 Å². The highest BCUT2D eigenvalue weighted by Gasteiger charge is 2.21. The third-order valence-electron chi connectivity index (χ3n) is 4.53. The Kier molecular flexibility index (Phi) is 7.06. The van der Waals surface area contributed by atoms with Gasteiger partial charge in [0.1, 0.15) is 0 Å². The van der Waals surface area contributed by atoms with E-state index in [2.05, 4.69) is 34.5 Å². The van der Waals surface area contributed by atoms with Gasteiger partial charge in [-0.25, -0.2) is 0 Å². The van der Waals surface area contributed by atoms with Crippen LogP contribution in [0.4, 0.5) is 0 Å². The molecule has 3 rings (SSSR count). The standard InChI is InChI=1S/C21H25ClN2O2/c22-19-8-4-7-17(13-19)9-10-21(25)23-14-20-16-24(11-12-26-20)15-18-5-2-1-3-6-18/h1-8,13,20H,9-12,14-16H2,(H,23,25). The summed E-state index contributed by atoms with van der Waals surface area (Å²) in [5.41, 5.74) is 2.38. The fraction of sp³-hybridized carbons (Fsp3) is 0.381. The minimum atomic E-state index is 0.0441. The minimum absolute atomic E-state index is 0.0441. The number of nitrogens with one attached hydrogen (secondary N) is 1. The molecule has 1 amide bonds. The van der Waals surface area contributed by atoms with Crippen molar-refractivity contribution >= 4 is 17.5 Å². The van der Waals surface area contributed by atoms with Crippen molar-refractivity contribution in [3.8, 4) is 0 Å². The number of hydrogen-bond donors (Lipinski definition) is 1. The van der Waals surface area contributed by atoms with Crippen molar-refractivity contribution < 1.29 is 9.53 Å². The van der Waals surface area contributed by atoms with Gasteiger partial charge in [0.25, 0.3) is 0 Å². The van der Waals surface area contributed by atoms with E-state index in [0.29, 0.717) is 31.0 Å². The Morgan fingerprint density at radius 2 is 1.96 bits per heavy atom. The molecule has 1 atom stereocenters. The van der Waals surface area contributed by atoms with Crippen molar-refractivity contribution in [1.29, 1.82) is 0 Å². The van der Waals surface area contributed by atoms with E-state index >= 15 is 0 Å². The SMILES string of the molecule is O=C(CCc1cccc(Cl)c1)NCC1CN(Cc2ccccc2)CCO1. The molecular weight excluding hydrogens is 348 g/mol. The third kappa shape index (κ3) is 6.13. The second-order valence-corrected chi connectivity index (χ2v) is 7.08. The maximum atomic E-state index is 12.1. The van der Waals surface area contributed by atoms with Gasteiger partial charge in [-0.15, -0.1) is 0 Å². The smallest absolute Gasteiger partial charge is 0.220 e. The molecule has 0 radical (unpaired) electrons. The highest BCUT2D eigenvalue weighted by molar-refractivity contribution is 6.30. The van der Waals surface area contributed by atoms with E-state index in [4.69, 9.17) is 16.3 Å². The zero-order valence-corrected chi connectivity index (χ0v) is 15.6. The summed E-state index contributed by atoms with van der Waals surface area (Å²) >= 11 is 5.97. The molecule has 0 aliphatic carbocycles. The summed E-state index contributed by atoms with van der Waals surface area (Å²) in [5, 5.41) is 3.70. The molecule has 1 aliphatic heterocycles. The molecule has 1 heterocycles. The quantitative estimate of drug-likeness (QED) is 0.810. The van der Waals surface area contributed by atoms with E-state index in [1.807, 2.05) is 30.3 Å². The summed E-state index contributed by atoms with van der Waals surface area (Å²) in [6, 6.07) is 18.1. The van der Waals surface area contributed by atoms with E-state index in [0.717, 1.165) is 25.2 Å². The Balaban J connectivity index is 1.39. The predicted molar refractivity (Wildman–Crippen MR) is 104 cm³/mol. The van der Waals surface area contributed by atoms with Crippen LogP contribution in [0.25, 0.3) is 0 Å². The third-order valence-corrected chi connectivity index (χ3v) is 4.76. The number of carbonyl (C=O) groups is 1. The van der Waals surface area contributed by atoms with Gasteiger partial charge in [0.2, 0.25) is 5.91 Å². The van der Waals surface area contributed by atoms with Gasteiger partial charge in [-0.05, 0) is 29.7 Å². The van der Waals surface area contributed by atoms with Crippen LogP contribution in [0.2, 0.25) is 5.02 Å². The van der Waals surface area contributed by atoms with Gasteiger partial charge in [-0.1, -0.05) is 54.1 Å². The number of carbonyl (C=O) groups excluding carboxylic acids is 1. The second-order valence-electron chi connectivity index (χ2n) is 6.65. The van der Waals surface area contributed by atoms with E-state index < -0.39 is 0 Å². The first kappa shape index (κ1) is 18.9. The van der Waals surface area contributed by atoms with Crippen LogP contribution >= 0.6 is 11.6 Å². The number of ether oxygens (including phenoxy) is 1. The minimum Gasteiger partial charge on any atom is -0.374 e. The van der Waals surface area contributed by atoms with Crippen LogP contribution in [0.3, 0.4) is 0 Å². The average molecular weight is 373 g/mol. The monoisotopic (exact) mass is 372 g/mol. The molecule has 1 saturated heterocycles. The zero-order valence-electron chi connectivity index (χ0n) is 14.9. The maximum Gasteiger partial charge on any atom is 0.220 e. The largest absolute Gasteiger partial charge is 0.374 e. The lowest BCUT2D eigenvalue weighted by atomic mass is 10.1. The van der Waals surface area contributed by atoms with Crippen molar-refractivity contribution in [3.63, 3.8) is 0 Å². The first-order valence-electron chi connectivity index (χ1n) is 9.08. The van der Waals surface area contributed by atoms with Crippen molar-refractivity contribution in [3.05, 3.63) is 70.7 Å². The van der Waals surface area contributed by atoms with Crippen molar-refractivity contribution in [2.45, 2.75) is 25.5 Å². The second kappa shape index (κ2) is 9.72. The van der Waals surface area contributed by atoms with Crippen LogP contribution < -0.4 is 5.32 Å². The number of benzene rings is 2. The molecule has 1 aliphatic rings. The topological polar surface area (TPSA) is 41.6 Å².